The molecule has 0 nitrogen and oxygen atoms in total. The zero-order chi connectivity index (χ0) is 7.28. The van der Waals surface area contributed by atoms with Crippen molar-refractivity contribution in [1.29, 1.82) is 0 Å². The summed E-state index contributed by atoms with van der Waals surface area (Å²) in [4.78, 5) is 0. The molecule has 0 aromatic carbocycles. The SMILES string of the molecule is CCCC([SiH3])C(F)=CF. The Morgan fingerprint density at radius 3 is 2.67 bits per heavy atom. The summed E-state index contributed by atoms with van der Waals surface area (Å²) >= 11 is 0. The maximum atomic E-state index is 12.2. The normalized spacial score (nSPS) is 16.1. The van der Waals surface area contributed by atoms with Gasteiger partial charge < -0.3 is 0 Å². The minimum absolute atomic E-state index is 0.0767. The van der Waals surface area contributed by atoms with Gasteiger partial charge in [-0.15, -0.1) is 0 Å². The van der Waals surface area contributed by atoms with E-state index in [1.54, 1.807) is 0 Å². The maximum Gasteiger partial charge on any atom is 0.127 e. The van der Waals surface area contributed by atoms with E-state index >= 15 is 0 Å². The Bertz CT molecular complexity index is 101. The molecule has 0 aromatic heterocycles. The largest absolute Gasteiger partial charge is 0.213 e. The van der Waals surface area contributed by atoms with Gasteiger partial charge in [0.1, 0.15) is 12.2 Å². The molecule has 0 rings (SSSR count). The summed E-state index contributed by atoms with van der Waals surface area (Å²) < 4.78 is 23.7. The molecule has 0 saturated heterocycles. The summed E-state index contributed by atoms with van der Waals surface area (Å²) in [7, 11) is 0.709. The first-order valence-corrected chi connectivity index (χ1v) is 4.33. The molecule has 0 saturated carbocycles. The standard InChI is InChI=1S/C6H12F2Si/c1-2-3-6(9)5(8)4-7/h4,6H,2-3H2,1,9H3. The average molecular weight is 150 g/mol. The minimum Gasteiger partial charge on any atom is -0.213 e. The lowest BCUT2D eigenvalue weighted by Gasteiger charge is -2.03. The molecule has 0 spiro atoms. The number of allylic oxidation sites excluding steroid dienone is 1. The van der Waals surface area contributed by atoms with E-state index in [4.69, 9.17) is 0 Å². The summed E-state index contributed by atoms with van der Waals surface area (Å²) in [5, 5.41) is 0. The van der Waals surface area contributed by atoms with Crippen LogP contribution >= 0.6 is 0 Å². The molecule has 0 heterocycles. The van der Waals surface area contributed by atoms with Crippen LogP contribution in [0, 0.1) is 0 Å². The second-order valence-corrected chi connectivity index (χ2v) is 3.58. The van der Waals surface area contributed by atoms with Gasteiger partial charge in [-0.25, -0.2) is 8.78 Å². The molecule has 0 aromatic rings. The topological polar surface area (TPSA) is 0 Å². The van der Waals surface area contributed by atoms with E-state index in [1.807, 2.05) is 6.92 Å². The van der Waals surface area contributed by atoms with Gasteiger partial charge in [-0.3, -0.25) is 0 Å². The van der Waals surface area contributed by atoms with Crippen LogP contribution in [0.1, 0.15) is 19.8 Å². The molecule has 0 aliphatic heterocycles. The average Bonchev–Trinajstić information content (AvgIpc) is 1.87. The molecule has 0 aliphatic rings. The summed E-state index contributed by atoms with van der Waals surface area (Å²) in [6.07, 6.45) is 1.78. The van der Waals surface area contributed by atoms with E-state index < -0.39 is 5.83 Å². The lowest BCUT2D eigenvalue weighted by atomic mass is 10.2. The maximum absolute atomic E-state index is 12.2. The van der Waals surface area contributed by atoms with Crippen molar-refractivity contribution in [3.05, 3.63) is 12.2 Å². The predicted octanol–water partition coefficient (Wildman–Crippen LogP) is 1.72. The molecule has 0 radical (unpaired) electrons. The summed E-state index contributed by atoms with van der Waals surface area (Å²) in [6.45, 7) is 1.97. The second-order valence-electron chi connectivity index (χ2n) is 2.18. The molecule has 0 aliphatic carbocycles. The van der Waals surface area contributed by atoms with Crippen molar-refractivity contribution in [3.63, 3.8) is 0 Å². The number of hydrogen-bond acceptors (Lipinski definition) is 0. The Hall–Kier alpha value is -0.183. The van der Waals surface area contributed by atoms with Gasteiger partial charge in [-0.05, 0) is 12.0 Å². The van der Waals surface area contributed by atoms with Crippen LogP contribution in [0.2, 0.25) is 5.54 Å². The van der Waals surface area contributed by atoms with Crippen LogP contribution in [-0.2, 0) is 0 Å². The van der Waals surface area contributed by atoms with Crippen molar-refractivity contribution < 1.29 is 8.78 Å². The van der Waals surface area contributed by atoms with Gasteiger partial charge in [0.05, 0.1) is 0 Å². The quantitative estimate of drug-likeness (QED) is 0.537. The molecule has 1 atom stereocenters. The van der Waals surface area contributed by atoms with Gasteiger partial charge in [0.2, 0.25) is 0 Å². The van der Waals surface area contributed by atoms with Crippen LogP contribution < -0.4 is 0 Å². The smallest absolute Gasteiger partial charge is 0.127 e. The highest BCUT2D eigenvalue weighted by atomic mass is 28.1. The summed E-state index contributed by atoms with van der Waals surface area (Å²) in [6, 6.07) is 0. The summed E-state index contributed by atoms with van der Waals surface area (Å²) in [5.74, 6) is -0.580. The fourth-order valence-electron chi connectivity index (χ4n) is 0.678. The monoisotopic (exact) mass is 150 g/mol. The molecule has 9 heavy (non-hydrogen) atoms. The minimum atomic E-state index is -0.580. The van der Waals surface area contributed by atoms with E-state index in [1.165, 1.54) is 0 Å². The predicted molar refractivity (Wildman–Crippen MR) is 38.9 cm³/mol. The molecule has 0 bridgehead atoms. The zero-order valence-electron chi connectivity index (χ0n) is 5.82. The highest BCUT2D eigenvalue weighted by Gasteiger charge is 2.05. The summed E-state index contributed by atoms with van der Waals surface area (Å²) in [5.41, 5.74) is -0.111. The molecule has 3 heteroatoms. The van der Waals surface area contributed by atoms with Crippen LogP contribution in [0.15, 0.2) is 12.2 Å². The highest BCUT2D eigenvalue weighted by molar-refractivity contribution is 6.13. The van der Waals surface area contributed by atoms with E-state index in [2.05, 4.69) is 0 Å². The Morgan fingerprint density at radius 1 is 1.78 bits per heavy atom. The van der Waals surface area contributed by atoms with Gasteiger partial charge in [-0.2, -0.15) is 0 Å². The molecule has 1 unspecified atom stereocenters. The van der Waals surface area contributed by atoms with Crippen molar-refractivity contribution in [3.8, 4) is 0 Å². The van der Waals surface area contributed by atoms with Gasteiger partial charge >= 0.3 is 0 Å². The highest BCUT2D eigenvalue weighted by Crippen LogP contribution is 2.20. The second kappa shape index (κ2) is 4.67. The fraction of sp³-hybridized carbons (Fsp3) is 0.667. The Balaban J connectivity index is 3.59. The van der Waals surface area contributed by atoms with E-state index in [0.29, 0.717) is 10.2 Å². The first-order chi connectivity index (χ1) is 4.22. The number of halogens is 2. The van der Waals surface area contributed by atoms with Gasteiger partial charge in [0.25, 0.3) is 0 Å². The van der Waals surface area contributed by atoms with Gasteiger partial charge in [0.15, 0.2) is 0 Å². The lowest BCUT2D eigenvalue weighted by molar-refractivity contribution is 0.533. The van der Waals surface area contributed by atoms with Crippen LogP contribution in [-0.4, -0.2) is 10.2 Å². The first kappa shape index (κ1) is 8.82. The van der Waals surface area contributed by atoms with Crippen molar-refractivity contribution in [2.45, 2.75) is 25.3 Å². The third-order valence-electron chi connectivity index (χ3n) is 1.30. The van der Waals surface area contributed by atoms with Crippen LogP contribution in [0.25, 0.3) is 0 Å². The molecular formula is C6H12F2Si. The Kier molecular flexibility index (Phi) is 4.58. The molecule has 0 N–H and O–H groups in total. The van der Waals surface area contributed by atoms with Crippen LogP contribution in [0.4, 0.5) is 8.78 Å². The zero-order valence-corrected chi connectivity index (χ0v) is 7.82. The molecule has 0 fully saturated rings. The molecule has 54 valence electrons. The molecular weight excluding hydrogens is 138 g/mol. The molecule has 0 amide bonds. The van der Waals surface area contributed by atoms with E-state index in [-0.39, 0.29) is 11.9 Å². The Labute approximate surface area is 57.4 Å². The van der Waals surface area contributed by atoms with Gasteiger partial charge in [0, 0.05) is 10.2 Å². The fourth-order valence-corrected chi connectivity index (χ4v) is 1.38. The van der Waals surface area contributed by atoms with Gasteiger partial charge in [-0.1, -0.05) is 13.3 Å². The Morgan fingerprint density at radius 2 is 2.33 bits per heavy atom. The lowest BCUT2D eigenvalue weighted by Crippen LogP contribution is -1.90. The van der Waals surface area contributed by atoms with Crippen molar-refractivity contribution in [1.82, 2.24) is 0 Å². The van der Waals surface area contributed by atoms with Crippen molar-refractivity contribution >= 4 is 10.2 Å². The first-order valence-electron chi connectivity index (χ1n) is 3.18. The van der Waals surface area contributed by atoms with E-state index in [9.17, 15) is 8.78 Å². The number of hydrogen-bond donors (Lipinski definition) is 0. The van der Waals surface area contributed by atoms with Crippen molar-refractivity contribution in [2.75, 3.05) is 0 Å². The van der Waals surface area contributed by atoms with Crippen LogP contribution in [0.3, 0.4) is 0 Å². The third-order valence-corrected chi connectivity index (χ3v) is 2.43. The third kappa shape index (κ3) is 3.40. The van der Waals surface area contributed by atoms with Crippen LogP contribution in [0.5, 0.6) is 0 Å². The van der Waals surface area contributed by atoms with Crippen molar-refractivity contribution in [2.24, 2.45) is 0 Å². The van der Waals surface area contributed by atoms with E-state index in [0.717, 1.165) is 12.8 Å². The number of rotatable bonds is 3.